The summed E-state index contributed by atoms with van der Waals surface area (Å²) in [5, 5.41) is 0. The van der Waals surface area contributed by atoms with Gasteiger partial charge in [0.2, 0.25) is 0 Å². The maximum atomic E-state index is 4.20. The molecule has 0 atom stereocenters. The predicted octanol–water partition coefficient (Wildman–Crippen LogP) is 4.83. The van der Waals surface area contributed by atoms with Crippen LogP contribution in [0.2, 0.25) is 0 Å². The van der Waals surface area contributed by atoms with Crippen molar-refractivity contribution in [2.24, 2.45) is 0 Å². The third-order valence-corrected chi connectivity index (χ3v) is 2.83. The summed E-state index contributed by atoms with van der Waals surface area (Å²) in [6.07, 6.45) is 14.2. The van der Waals surface area contributed by atoms with E-state index in [1.807, 2.05) is 0 Å². The fraction of sp³-hybridized carbons (Fsp3) is 1.00. The number of thiol groups is 1. The molecule has 0 aliphatic heterocycles. The zero-order chi connectivity index (χ0) is 9.78. The van der Waals surface area contributed by atoms with Crippen LogP contribution in [0.15, 0.2) is 0 Å². The fourth-order valence-electron chi connectivity index (χ4n) is 1.60. The average Bonchev–Trinajstić information content (AvgIpc) is 2.16. The van der Waals surface area contributed by atoms with Crippen LogP contribution in [0.5, 0.6) is 0 Å². The van der Waals surface area contributed by atoms with Crippen molar-refractivity contribution in [3.63, 3.8) is 0 Å². The summed E-state index contributed by atoms with van der Waals surface area (Å²) < 4.78 is 0. The van der Waals surface area contributed by atoms with Crippen LogP contribution < -0.4 is 0 Å². The maximum absolute atomic E-state index is 4.20. The van der Waals surface area contributed by atoms with Gasteiger partial charge in [0.05, 0.1) is 0 Å². The van der Waals surface area contributed by atoms with Crippen molar-refractivity contribution in [1.29, 1.82) is 0 Å². The van der Waals surface area contributed by atoms with Crippen LogP contribution in [0, 0.1) is 0 Å². The minimum Gasteiger partial charge on any atom is -0.179 e. The van der Waals surface area contributed by atoms with E-state index < -0.39 is 0 Å². The predicted molar refractivity (Wildman–Crippen MR) is 65.7 cm³/mol. The molecule has 0 aliphatic carbocycles. The fourth-order valence-corrected chi connectivity index (χ4v) is 1.82. The molecule has 0 bridgehead atoms. The van der Waals surface area contributed by atoms with E-state index in [0.29, 0.717) is 0 Å². The van der Waals surface area contributed by atoms with Crippen molar-refractivity contribution < 1.29 is 17.1 Å². The van der Waals surface area contributed by atoms with Crippen molar-refractivity contribution in [3.05, 3.63) is 0 Å². The van der Waals surface area contributed by atoms with E-state index in [2.05, 4.69) is 19.6 Å². The summed E-state index contributed by atoms with van der Waals surface area (Å²) >= 11 is 4.20. The van der Waals surface area contributed by atoms with Gasteiger partial charge in [0.25, 0.3) is 0 Å². The number of rotatable bonds is 10. The molecule has 0 amide bonds. The molecule has 0 nitrogen and oxygen atoms in total. The van der Waals surface area contributed by atoms with Crippen molar-refractivity contribution in [2.75, 3.05) is 5.75 Å². The van der Waals surface area contributed by atoms with Crippen LogP contribution in [0.1, 0.15) is 71.1 Å². The molecule has 2 heteroatoms. The summed E-state index contributed by atoms with van der Waals surface area (Å²) in [4.78, 5) is 0. The van der Waals surface area contributed by atoms with Gasteiger partial charge in [0, 0.05) is 17.1 Å². The maximum Gasteiger partial charge on any atom is 0 e. The van der Waals surface area contributed by atoms with Crippen LogP contribution in [-0.2, 0) is 17.1 Å². The Morgan fingerprint density at radius 3 is 1.36 bits per heavy atom. The Bertz CT molecular complexity index is 76.4. The average molecular weight is 266 g/mol. The van der Waals surface area contributed by atoms with Crippen LogP contribution in [-0.4, -0.2) is 5.75 Å². The molecule has 0 spiro atoms. The van der Waals surface area contributed by atoms with Crippen LogP contribution >= 0.6 is 12.6 Å². The van der Waals surface area contributed by atoms with E-state index in [4.69, 9.17) is 0 Å². The molecule has 0 aromatic rings. The Labute approximate surface area is 107 Å². The van der Waals surface area contributed by atoms with Gasteiger partial charge in [0.15, 0.2) is 0 Å². The molecule has 0 fully saturated rings. The number of hydrogen-bond donors (Lipinski definition) is 1. The second kappa shape index (κ2) is 16.3. The topological polar surface area (TPSA) is 0 Å². The largest absolute Gasteiger partial charge is 0.179 e. The standard InChI is InChI=1S/C12H26S.Cu/c1-2-3-4-5-6-7-8-9-10-11-12-13;/h13H,2-12H2,1H3;. The monoisotopic (exact) mass is 265 g/mol. The number of hydrogen-bond acceptors (Lipinski definition) is 1. The molecule has 0 heterocycles. The minimum atomic E-state index is 0. The van der Waals surface area contributed by atoms with Gasteiger partial charge in [-0.25, -0.2) is 0 Å². The first-order valence-electron chi connectivity index (χ1n) is 6.02. The van der Waals surface area contributed by atoms with Crippen molar-refractivity contribution >= 4 is 12.6 Å². The molecule has 0 aromatic carbocycles. The van der Waals surface area contributed by atoms with Crippen LogP contribution in [0.25, 0.3) is 0 Å². The second-order valence-electron chi connectivity index (χ2n) is 3.91. The Kier molecular flexibility index (Phi) is 20.1. The first-order valence-corrected chi connectivity index (χ1v) is 6.66. The molecule has 0 N–H and O–H groups in total. The number of unbranched alkanes of at least 4 members (excludes halogenated alkanes) is 9. The smallest absolute Gasteiger partial charge is 0 e. The van der Waals surface area contributed by atoms with Gasteiger partial charge in [-0.3, -0.25) is 0 Å². The zero-order valence-corrected chi connectivity index (χ0v) is 11.4. The van der Waals surface area contributed by atoms with Crippen molar-refractivity contribution in [3.8, 4) is 0 Å². The Morgan fingerprint density at radius 1 is 0.643 bits per heavy atom. The SMILES string of the molecule is CCCCCCCCCCCCS.[Cu]. The van der Waals surface area contributed by atoms with Crippen LogP contribution in [0.3, 0.4) is 0 Å². The van der Waals surface area contributed by atoms with E-state index in [1.54, 1.807) is 0 Å². The van der Waals surface area contributed by atoms with Crippen molar-refractivity contribution in [1.82, 2.24) is 0 Å². The normalized spacial score (nSPS) is 9.86. The molecule has 0 rings (SSSR count). The molecule has 91 valence electrons. The van der Waals surface area contributed by atoms with E-state index in [1.165, 1.54) is 64.2 Å². The summed E-state index contributed by atoms with van der Waals surface area (Å²) in [5.41, 5.74) is 0. The zero-order valence-electron chi connectivity index (χ0n) is 9.53. The summed E-state index contributed by atoms with van der Waals surface area (Å²) in [6, 6.07) is 0. The third kappa shape index (κ3) is 15.3. The molecular formula is C12H26CuS. The molecule has 1 radical (unpaired) electrons. The van der Waals surface area contributed by atoms with Gasteiger partial charge < -0.3 is 0 Å². The van der Waals surface area contributed by atoms with E-state index in [-0.39, 0.29) is 17.1 Å². The van der Waals surface area contributed by atoms with Gasteiger partial charge in [-0.1, -0.05) is 64.7 Å². The molecule has 0 aromatic heterocycles. The van der Waals surface area contributed by atoms with Gasteiger partial charge in [-0.2, -0.15) is 12.6 Å². The van der Waals surface area contributed by atoms with Gasteiger partial charge >= 0.3 is 0 Å². The Balaban J connectivity index is 0. The van der Waals surface area contributed by atoms with Gasteiger partial charge in [-0.15, -0.1) is 0 Å². The third-order valence-electron chi connectivity index (χ3n) is 2.51. The molecule has 0 saturated heterocycles. The molecule has 14 heavy (non-hydrogen) atoms. The molecular weight excluding hydrogens is 240 g/mol. The molecule has 0 saturated carbocycles. The van der Waals surface area contributed by atoms with E-state index in [0.717, 1.165) is 5.75 Å². The first-order chi connectivity index (χ1) is 6.41. The Hall–Kier alpha value is 0.869. The Morgan fingerprint density at radius 2 is 1.00 bits per heavy atom. The van der Waals surface area contributed by atoms with Crippen LogP contribution in [0.4, 0.5) is 0 Å². The minimum absolute atomic E-state index is 0. The van der Waals surface area contributed by atoms with Gasteiger partial charge in [0.1, 0.15) is 0 Å². The molecule has 0 aliphatic rings. The first kappa shape index (κ1) is 17.3. The van der Waals surface area contributed by atoms with Gasteiger partial charge in [-0.05, 0) is 12.2 Å². The quantitative estimate of drug-likeness (QED) is 0.326. The second-order valence-corrected chi connectivity index (χ2v) is 4.35. The summed E-state index contributed by atoms with van der Waals surface area (Å²) in [5.74, 6) is 1.07. The van der Waals surface area contributed by atoms with Crippen molar-refractivity contribution in [2.45, 2.75) is 71.1 Å². The molecule has 0 unspecified atom stereocenters. The summed E-state index contributed by atoms with van der Waals surface area (Å²) in [7, 11) is 0. The van der Waals surface area contributed by atoms with E-state index >= 15 is 0 Å². The van der Waals surface area contributed by atoms with E-state index in [9.17, 15) is 0 Å². The summed E-state index contributed by atoms with van der Waals surface area (Å²) in [6.45, 7) is 2.28.